The van der Waals surface area contributed by atoms with Gasteiger partial charge in [0, 0.05) is 13.2 Å². The van der Waals surface area contributed by atoms with E-state index in [1.165, 1.54) is 10.8 Å². The van der Waals surface area contributed by atoms with Crippen molar-refractivity contribution in [2.45, 2.75) is 6.61 Å². The molecule has 138 valence electrons. The maximum Gasteiger partial charge on any atom is 0.255 e. The minimum absolute atomic E-state index is 0.344. The van der Waals surface area contributed by atoms with Gasteiger partial charge < -0.3 is 14.2 Å². The molecule has 2 aromatic carbocycles. The van der Waals surface area contributed by atoms with E-state index in [2.05, 4.69) is 21.1 Å². The Labute approximate surface area is 160 Å². The molecule has 8 heteroatoms. The van der Waals surface area contributed by atoms with Crippen LogP contribution in [0.3, 0.4) is 0 Å². The Kier molecular flexibility index (Phi) is 4.82. The second kappa shape index (κ2) is 7.73. The first-order valence-corrected chi connectivity index (χ1v) is 8.40. The number of nitrogens with zero attached hydrogens (tertiary/aromatic N) is 5. The molecule has 4 aromatic rings. The number of benzene rings is 2. The number of hydrogen-bond acceptors (Lipinski definition) is 7. The van der Waals surface area contributed by atoms with Crippen LogP contribution in [-0.2, 0) is 11.3 Å². The van der Waals surface area contributed by atoms with Crippen molar-refractivity contribution in [2.75, 3.05) is 7.11 Å². The Hall–Kier alpha value is -3.96. The SMILES string of the molecule is COCc1cc(Oc2ccc(Oc3ccc(C#N)cc3)cc2)n2ncnc2n1. The van der Waals surface area contributed by atoms with Gasteiger partial charge in [0.1, 0.15) is 23.6 Å². The summed E-state index contributed by atoms with van der Waals surface area (Å²) in [5, 5.41) is 13.0. The smallest absolute Gasteiger partial charge is 0.255 e. The number of methoxy groups -OCH3 is 1. The van der Waals surface area contributed by atoms with E-state index in [-0.39, 0.29) is 0 Å². The van der Waals surface area contributed by atoms with Crippen molar-refractivity contribution in [3.63, 3.8) is 0 Å². The number of aromatic nitrogens is 4. The molecule has 2 aromatic heterocycles. The molecule has 0 N–H and O–H groups in total. The molecule has 0 amide bonds. The number of ether oxygens (including phenoxy) is 3. The van der Waals surface area contributed by atoms with Crippen molar-refractivity contribution < 1.29 is 14.2 Å². The highest BCUT2D eigenvalue weighted by Crippen LogP contribution is 2.27. The largest absolute Gasteiger partial charge is 0.457 e. The van der Waals surface area contributed by atoms with Crippen molar-refractivity contribution in [2.24, 2.45) is 0 Å². The van der Waals surface area contributed by atoms with E-state index in [1.54, 1.807) is 61.7 Å². The fourth-order valence-electron chi connectivity index (χ4n) is 2.56. The number of rotatable bonds is 6. The maximum atomic E-state index is 8.84. The summed E-state index contributed by atoms with van der Waals surface area (Å²) in [5.74, 6) is 2.83. The number of hydrogen-bond donors (Lipinski definition) is 0. The first-order valence-electron chi connectivity index (χ1n) is 8.40. The van der Waals surface area contributed by atoms with Crippen LogP contribution in [0.4, 0.5) is 0 Å². The molecule has 0 aliphatic heterocycles. The van der Waals surface area contributed by atoms with Gasteiger partial charge in [-0.3, -0.25) is 0 Å². The lowest BCUT2D eigenvalue weighted by Gasteiger charge is -2.10. The molecule has 28 heavy (non-hydrogen) atoms. The summed E-state index contributed by atoms with van der Waals surface area (Å²) in [6, 6.07) is 17.9. The fourth-order valence-corrected chi connectivity index (χ4v) is 2.56. The molecule has 0 fully saturated rings. The summed E-state index contributed by atoms with van der Waals surface area (Å²) in [4.78, 5) is 8.45. The first-order chi connectivity index (χ1) is 13.7. The third-order valence-electron chi connectivity index (χ3n) is 3.83. The second-order valence-electron chi connectivity index (χ2n) is 5.80. The average molecular weight is 373 g/mol. The lowest BCUT2D eigenvalue weighted by atomic mass is 10.2. The first kappa shape index (κ1) is 17.5. The van der Waals surface area contributed by atoms with Gasteiger partial charge in [-0.2, -0.15) is 19.9 Å². The molecule has 8 nitrogen and oxygen atoms in total. The van der Waals surface area contributed by atoms with Crippen molar-refractivity contribution in [3.8, 4) is 29.2 Å². The van der Waals surface area contributed by atoms with Crippen LogP contribution in [0.5, 0.6) is 23.1 Å². The van der Waals surface area contributed by atoms with Crippen LogP contribution in [0.15, 0.2) is 60.9 Å². The summed E-state index contributed by atoms with van der Waals surface area (Å²) < 4.78 is 18.4. The summed E-state index contributed by atoms with van der Waals surface area (Å²) in [7, 11) is 1.60. The predicted octanol–water partition coefficient (Wildman–Crippen LogP) is 3.73. The van der Waals surface area contributed by atoms with Crippen molar-refractivity contribution in [3.05, 3.63) is 72.2 Å². The van der Waals surface area contributed by atoms with E-state index in [0.717, 1.165) is 0 Å². The van der Waals surface area contributed by atoms with Gasteiger partial charge in [-0.1, -0.05) is 0 Å². The molecule has 0 aliphatic carbocycles. The lowest BCUT2D eigenvalue weighted by Crippen LogP contribution is -2.02. The van der Waals surface area contributed by atoms with Crippen LogP contribution in [0.2, 0.25) is 0 Å². The standard InChI is InChI=1S/C20H15N5O3/c1-26-12-15-10-19(25-20(24-15)22-13-23-25)28-18-8-6-17(7-9-18)27-16-4-2-14(11-21)3-5-16/h2-10,13H,12H2,1H3. The van der Waals surface area contributed by atoms with Crippen LogP contribution in [0.25, 0.3) is 5.78 Å². The molecular weight excluding hydrogens is 358 g/mol. The Balaban J connectivity index is 1.52. The number of nitriles is 1. The molecule has 0 unspecified atom stereocenters. The number of fused-ring (bicyclic) bond motifs is 1. The summed E-state index contributed by atoms with van der Waals surface area (Å²) in [6.45, 7) is 0.344. The molecular formula is C20H15N5O3. The molecule has 0 saturated heterocycles. The zero-order valence-electron chi connectivity index (χ0n) is 14.9. The molecule has 2 heterocycles. The minimum Gasteiger partial charge on any atom is -0.457 e. The van der Waals surface area contributed by atoms with E-state index in [4.69, 9.17) is 19.5 Å². The van der Waals surface area contributed by atoms with Gasteiger partial charge >= 0.3 is 0 Å². The van der Waals surface area contributed by atoms with E-state index < -0.39 is 0 Å². The predicted molar refractivity (Wildman–Crippen MR) is 99.2 cm³/mol. The van der Waals surface area contributed by atoms with Gasteiger partial charge in [-0.05, 0) is 48.5 Å². The van der Waals surface area contributed by atoms with Crippen molar-refractivity contribution in [1.82, 2.24) is 19.6 Å². The lowest BCUT2D eigenvalue weighted by molar-refractivity contribution is 0.181. The van der Waals surface area contributed by atoms with Crippen LogP contribution in [0, 0.1) is 11.3 Å². The average Bonchev–Trinajstić information content (AvgIpc) is 3.19. The Morgan fingerprint density at radius 1 is 0.964 bits per heavy atom. The van der Waals surface area contributed by atoms with Crippen LogP contribution in [0.1, 0.15) is 11.3 Å². The molecule has 0 atom stereocenters. The maximum absolute atomic E-state index is 8.84. The molecule has 0 aliphatic rings. The molecule has 0 radical (unpaired) electrons. The van der Waals surface area contributed by atoms with Crippen LogP contribution in [-0.4, -0.2) is 26.7 Å². The van der Waals surface area contributed by atoms with Gasteiger partial charge in [0.05, 0.1) is 23.9 Å². The zero-order valence-corrected chi connectivity index (χ0v) is 14.9. The van der Waals surface area contributed by atoms with E-state index in [1.807, 2.05) is 0 Å². The van der Waals surface area contributed by atoms with E-state index in [9.17, 15) is 0 Å². The van der Waals surface area contributed by atoms with Gasteiger partial charge in [0.2, 0.25) is 5.88 Å². The third kappa shape index (κ3) is 3.75. The Morgan fingerprint density at radius 2 is 1.61 bits per heavy atom. The van der Waals surface area contributed by atoms with Crippen LogP contribution >= 0.6 is 0 Å². The summed E-state index contributed by atoms with van der Waals surface area (Å²) >= 11 is 0. The highest BCUT2D eigenvalue weighted by Gasteiger charge is 2.10. The Bertz CT molecular complexity index is 1130. The Morgan fingerprint density at radius 3 is 2.25 bits per heavy atom. The molecule has 4 rings (SSSR count). The summed E-state index contributed by atoms with van der Waals surface area (Å²) in [6.07, 6.45) is 1.42. The van der Waals surface area contributed by atoms with Crippen LogP contribution < -0.4 is 9.47 Å². The van der Waals surface area contributed by atoms with Gasteiger partial charge in [0.25, 0.3) is 5.78 Å². The molecule has 0 saturated carbocycles. The van der Waals surface area contributed by atoms with Gasteiger partial charge in [0.15, 0.2) is 0 Å². The third-order valence-corrected chi connectivity index (χ3v) is 3.83. The monoisotopic (exact) mass is 373 g/mol. The quantitative estimate of drug-likeness (QED) is 0.508. The van der Waals surface area contributed by atoms with E-state index >= 15 is 0 Å². The highest BCUT2D eigenvalue weighted by atomic mass is 16.5. The topological polar surface area (TPSA) is 94.6 Å². The zero-order chi connectivity index (χ0) is 19.3. The van der Waals surface area contributed by atoms with Gasteiger partial charge in [-0.25, -0.2) is 4.98 Å². The van der Waals surface area contributed by atoms with Crippen molar-refractivity contribution in [1.29, 1.82) is 5.26 Å². The second-order valence-corrected chi connectivity index (χ2v) is 5.80. The van der Waals surface area contributed by atoms with E-state index in [0.29, 0.717) is 46.8 Å². The fraction of sp³-hybridized carbons (Fsp3) is 0.100. The van der Waals surface area contributed by atoms with Gasteiger partial charge in [-0.15, -0.1) is 0 Å². The summed E-state index contributed by atoms with van der Waals surface area (Å²) in [5.41, 5.74) is 1.28. The minimum atomic E-state index is 0.344. The highest BCUT2D eigenvalue weighted by molar-refractivity contribution is 5.40. The molecule has 0 spiro atoms. The molecule has 0 bridgehead atoms. The van der Waals surface area contributed by atoms with Crippen molar-refractivity contribution >= 4 is 5.78 Å². The normalized spacial score (nSPS) is 10.6.